The number of Topliss-reactive ketones (excluding diaryl/α,β-unsaturated/α-hetero) is 1. The SMILES string of the molecule is O=C(Cc1cc(-c2cc(NCC3CCOCC3)ccc2Cl)c(Cl)cn1)C1CNCCO1. The van der Waals surface area contributed by atoms with Gasteiger partial charge in [-0.15, -0.1) is 0 Å². The summed E-state index contributed by atoms with van der Waals surface area (Å²) in [5, 5.41) is 7.78. The fourth-order valence-corrected chi connectivity index (χ4v) is 4.33. The molecule has 0 bridgehead atoms. The zero-order chi connectivity index (χ0) is 21.6. The molecular formula is C23H27Cl2N3O3. The number of carbonyl (C=O) groups is 1. The summed E-state index contributed by atoms with van der Waals surface area (Å²) in [6.07, 6.45) is 3.48. The number of benzene rings is 1. The molecule has 1 unspecified atom stereocenters. The number of pyridine rings is 1. The van der Waals surface area contributed by atoms with Crippen molar-refractivity contribution in [1.29, 1.82) is 0 Å². The van der Waals surface area contributed by atoms with Gasteiger partial charge in [0.2, 0.25) is 0 Å². The topological polar surface area (TPSA) is 72.5 Å². The van der Waals surface area contributed by atoms with Gasteiger partial charge in [-0.05, 0) is 43.0 Å². The molecule has 2 saturated heterocycles. The van der Waals surface area contributed by atoms with Gasteiger partial charge in [-0.3, -0.25) is 9.78 Å². The van der Waals surface area contributed by atoms with Crippen molar-refractivity contribution in [1.82, 2.24) is 10.3 Å². The third-order valence-corrected chi connectivity index (χ3v) is 6.38. The van der Waals surface area contributed by atoms with Crippen LogP contribution in [0.15, 0.2) is 30.5 Å². The van der Waals surface area contributed by atoms with Gasteiger partial charge in [0.05, 0.1) is 18.1 Å². The molecular weight excluding hydrogens is 437 g/mol. The van der Waals surface area contributed by atoms with E-state index in [1.807, 2.05) is 24.3 Å². The van der Waals surface area contributed by atoms with E-state index in [2.05, 4.69) is 15.6 Å². The van der Waals surface area contributed by atoms with Crippen LogP contribution in [0.25, 0.3) is 11.1 Å². The minimum atomic E-state index is -0.434. The van der Waals surface area contributed by atoms with Crippen molar-refractivity contribution in [2.24, 2.45) is 5.92 Å². The highest BCUT2D eigenvalue weighted by Gasteiger charge is 2.23. The second-order valence-electron chi connectivity index (χ2n) is 7.99. The molecule has 2 aliphatic heterocycles. The van der Waals surface area contributed by atoms with Crippen molar-refractivity contribution < 1.29 is 14.3 Å². The molecule has 2 aliphatic rings. The highest BCUT2D eigenvalue weighted by atomic mass is 35.5. The molecule has 0 amide bonds. The third-order valence-electron chi connectivity index (χ3n) is 5.75. The van der Waals surface area contributed by atoms with Gasteiger partial charge < -0.3 is 20.1 Å². The number of carbonyl (C=O) groups excluding carboxylic acids is 1. The Hall–Kier alpha value is -1.70. The minimum absolute atomic E-state index is 0.00551. The summed E-state index contributed by atoms with van der Waals surface area (Å²) in [7, 11) is 0. The maximum atomic E-state index is 12.6. The van der Waals surface area contributed by atoms with Gasteiger partial charge in [0, 0.05) is 66.6 Å². The Balaban J connectivity index is 1.49. The van der Waals surface area contributed by atoms with Crippen LogP contribution < -0.4 is 10.6 Å². The van der Waals surface area contributed by atoms with Crippen LogP contribution in [0, 0.1) is 5.92 Å². The third kappa shape index (κ3) is 5.96. The van der Waals surface area contributed by atoms with Crippen molar-refractivity contribution in [3.05, 3.63) is 46.2 Å². The Bertz CT molecular complexity index is 913. The highest BCUT2D eigenvalue weighted by molar-refractivity contribution is 6.36. The normalized spacial score (nSPS) is 19.9. The first-order valence-corrected chi connectivity index (χ1v) is 11.5. The van der Waals surface area contributed by atoms with Crippen LogP contribution in [-0.4, -0.2) is 56.3 Å². The number of anilines is 1. The summed E-state index contributed by atoms with van der Waals surface area (Å²) in [6, 6.07) is 7.69. The van der Waals surface area contributed by atoms with Gasteiger partial charge in [0.1, 0.15) is 6.10 Å². The lowest BCUT2D eigenvalue weighted by Crippen LogP contribution is -2.43. The summed E-state index contributed by atoms with van der Waals surface area (Å²) in [4.78, 5) is 16.9. The number of rotatable bonds is 7. The lowest BCUT2D eigenvalue weighted by Gasteiger charge is -2.23. The first-order chi connectivity index (χ1) is 15.1. The number of morpholine rings is 1. The van der Waals surface area contributed by atoms with Crippen molar-refractivity contribution in [2.45, 2.75) is 25.4 Å². The molecule has 4 rings (SSSR count). The summed E-state index contributed by atoms with van der Waals surface area (Å²) in [5.74, 6) is 0.609. The molecule has 0 spiro atoms. The van der Waals surface area contributed by atoms with Gasteiger partial charge in [0.15, 0.2) is 5.78 Å². The summed E-state index contributed by atoms with van der Waals surface area (Å²) in [6.45, 7) is 4.39. The molecule has 0 saturated carbocycles. The first-order valence-electron chi connectivity index (χ1n) is 10.7. The number of nitrogens with zero attached hydrogens (tertiary/aromatic N) is 1. The zero-order valence-electron chi connectivity index (χ0n) is 17.3. The van der Waals surface area contributed by atoms with E-state index in [1.165, 1.54) is 0 Å². The fourth-order valence-electron chi connectivity index (χ4n) is 3.90. The van der Waals surface area contributed by atoms with Crippen molar-refractivity contribution >= 4 is 34.7 Å². The molecule has 1 aromatic heterocycles. The quantitative estimate of drug-likeness (QED) is 0.646. The number of ether oxygens (including phenoxy) is 2. The average molecular weight is 464 g/mol. The second kappa shape index (κ2) is 10.7. The molecule has 0 radical (unpaired) electrons. The predicted molar refractivity (Wildman–Crippen MR) is 123 cm³/mol. The smallest absolute Gasteiger partial charge is 0.168 e. The van der Waals surface area contributed by atoms with E-state index >= 15 is 0 Å². The molecule has 166 valence electrons. The Morgan fingerprint density at radius 1 is 1.13 bits per heavy atom. The van der Waals surface area contributed by atoms with Gasteiger partial charge in [-0.1, -0.05) is 23.2 Å². The van der Waals surface area contributed by atoms with Crippen molar-refractivity contribution in [2.75, 3.05) is 44.8 Å². The highest BCUT2D eigenvalue weighted by Crippen LogP contribution is 2.35. The predicted octanol–water partition coefficient (Wildman–Crippen LogP) is 3.99. The molecule has 2 N–H and O–H groups in total. The van der Waals surface area contributed by atoms with E-state index in [9.17, 15) is 4.79 Å². The largest absolute Gasteiger partial charge is 0.385 e. The van der Waals surface area contributed by atoms with E-state index in [0.29, 0.717) is 34.8 Å². The van der Waals surface area contributed by atoms with Crippen LogP contribution in [0.3, 0.4) is 0 Å². The Labute approximate surface area is 192 Å². The van der Waals surface area contributed by atoms with Crippen LogP contribution in [0.4, 0.5) is 5.69 Å². The molecule has 2 aromatic rings. The molecule has 2 fully saturated rings. The monoisotopic (exact) mass is 463 g/mol. The molecule has 6 nitrogen and oxygen atoms in total. The number of nitrogens with one attached hydrogen (secondary N) is 2. The van der Waals surface area contributed by atoms with Gasteiger partial charge in [0.25, 0.3) is 0 Å². The van der Waals surface area contributed by atoms with E-state index in [-0.39, 0.29) is 12.2 Å². The molecule has 8 heteroatoms. The molecule has 31 heavy (non-hydrogen) atoms. The van der Waals surface area contributed by atoms with Crippen LogP contribution in [-0.2, 0) is 20.7 Å². The lowest BCUT2D eigenvalue weighted by atomic mass is 10.00. The van der Waals surface area contributed by atoms with E-state index in [1.54, 1.807) is 6.20 Å². The number of aromatic nitrogens is 1. The van der Waals surface area contributed by atoms with Crippen molar-refractivity contribution in [3.63, 3.8) is 0 Å². The maximum Gasteiger partial charge on any atom is 0.168 e. The minimum Gasteiger partial charge on any atom is -0.385 e. The number of ketones is 1. The van der Waals surface area contributed by atoms with E-state index in [4.69, 9.17) is 32.7 Å². The zero-order valence-corrected chi connectivity index (χ0v) is 18.8. The number of hydrogen-bond donors (Lipinski definition) is 2. The first kappa shape index (κ1) is 22.5. The van der Waals surface area contributed by atoms with Gasteiger partial charge in [-0.2, -0.15) is 0 Å². The Morgan fingerprint density at radius 2 is 1.94 bits per heavy atom. The molecule has 1 aromatic carbocycles. The van der Waals surface area contributed by atoms with E-state index in [0.717, 1.165) is 56.0 Å². The van der Waals surface area contributed by atoms with Gasteiger partial charge >= 0.3 is 0 Å². The fraction of sp³-hybridized carbons (Fsp3) is 0.478. The summed E-state index contributed by atoms with van der Waals surface area (Å²) >= 11 is 13.0. The lowest BCUT2D eigenvalue weighted by molar-refractivity contribution is -0.131. The summed E-state index contributed by atoms with van der Waals surface area (Å²) in [5.41, 5.74) is 3.21. The van der Waals surface area contributed by atoms with Gasteiger partial charge in [-0.25, -0.2) is 0 Å². The number of hydrogen-bond acceptors (Lipinski definition) is 6. The molecule has 3 heterocycles. The van der Waals surface area contributed by atoms with Crippen LogP contribution in [0.2, 0.25) is 10.0 Å². The molecule has 0 aliphatic carbocycles. The van der Waals surface area contributed by atoms with Crippen molar-refractivity contribution in [3.8, 4) is 11.1 Å². The maximum absolute atomic E-state index is 12.6. The van der Waals surface area contributed by atoms with Crippen LogP contribution >= 0.6 is 23.2 Å². The van der Waals surface area contributed by atoms with E-state index < -0.39 is 6.10 Å². The Kier molecular flexibility index (Phi) is 7.80. The van der Waals surface area contributed by atoms with Crippen LogP contribution in [0.1, 0.15) is 18.5 Å². The standard InChI is InChI=1S/C23H27Cl2N3O3/c24-20-2-1-16(27-12-15-3-6-30-7-4-15)9-18(20)19-10-17(28-13-21(19)25)11-22(29)23-14-26-5-8-31-23/h1-2,9-10,13,15,23,26-27H,3-8,11-12,14H2. The van der Waals surface area contributed by atoms with Crippen LogP contribution in [0.5, 0.6) is 0 Å². The number of halogens is 2. The summed E-state index contributed by atoms with van der Waals surface area (Å²) < 4.78 is 11.0. The second-order valence-corrected chi connectivity index (χ2v) is 8.81. The molecule has 1 atom stereocenters. The Morgan fingerprint density at radius 3 is 2.71 bits per heavy atom. The average Bonchev–Trinajstić information content (AvgIpc) is 2.81.